The Bertz CT molecular complexity index is 870. The van der Waals surface area contributed by atoms with Gasteiger partial charge >= 0.3 is 0 Å². The maximum Gasteiger partial charge on any atom is 0.272 e. The number of carbonyl (C=O) groups excluding carboxylic acids is 1. The van der Waals surface area contributed by atoms with E-state index < -0.39 is 0 Å². The van der Waals surface area contributed by atoms with E-state index in [0.717, 1.165) is 49.9 Å². The van der Waals surface area contributed by atoms with Gasteiger partial charge in [-0.2, -0.15) is 5.10 Å². The summed E-state index contributed by atoms with van der Waals surface area (Å²) in [5.41, 5.74) is 2.90. The predicted octanol–water partition coefficient (Wildman–Crippen LogP) is 3.87. The van der Waals surface area contributed by atoms with Crippen LogP contribution in [0.2, 0.25) is 0 Å². The van der Waals surface area contributed by atoms with Gasteiger partial charge in [0.05, 0.1) is 17.8 Å². The normalized spacial score (nSPS) is 17.9. The Morgan fingerprint density at radius 2 is 1.77 bits per heavy atom. The maximum atomic E-state index is 13.3. The third kappa shape index (κ3) is 4.69. The van der Waals surface area contributed by atoms with Crippen molar-refractivity contribution in [2.75, 3.05) is 32.8 Å². The highest BCUT2D eigenvalue weighted by Gasteiger charge is 2.33. The second-order valence-electron chi connectivity index (χ2n) is 9.46. The van der Waals surface area contributed by atoms with Crippen molar-refractivity contribution in [3.63, 3.8) is 0 Å². The molecule has 6 heteroatoms. The molecule has 2 aliphatic rings. The van der Waals surface area contributed by atoms with E-state index in [1.54, 1.807) is 0 Å². The molecule has 1 aliphatic heterocycles. The zero-order valence-electron chi connectivity index (χ0n) is 18.7. The van der Waals surface area contributed by atoms with Crippen LogP contribution >= 0.6 is 0 Å². The SMILES string of the molecule is CCOc1ccc(CN2CCN(C(=O)c3cc(C4CC4)nn3C(C)(C)C)CC2)cc1. The molecule has 0 bridgehead atoms. The van der Waals surface area contributed by atoms with E-state index in [1.807, 2.05) is 34.7 Å². The molecule has 0 atom stereocenters. The number of rotatable bonds is 6. The van der Waals surface area contributed by atoms with E-state index in [4.69, 9.17) is 9.84 Å². The highest BCUT2D eigenvalue weighted by Crippen LogP contribution is 2.40. The number of hydrogen-bond donors (Lipinski definition) is 0. The van der Waals surface area contributed by atoms with E-state index in [2.05, 4.69) is 37.8 Å². The molecule has 30 heavy (non-hydrogen) atoms. The van der Waals surface area contributed by atoms with Crippen molar-refractivity contribution in [3.05, 3.63) is 47.3 Å². The largest absolute Gasteiger partial charge is 0.494 e. The quantitative estimate of drug-likeness (QED) is 0.725. The van der Waals surface area contributed by atoms with Crippen LogP contribution in [-0.4, -0.2) is 58.3 Å². The molecule has 1 saturated carbocycles. The molecule has 6 nitrogen and oxygen atoms in total. The van der Waals surface area contributed by atoms with Crippen LogP contribution < -0.4 is 4.74 Å². The van der Waals surface area contributed by atoms with E-state index in [-0.39, 0.29) is 11.4 Å². The Hall–Kier alpha value is -2.34. The molecule has 0 unspecified atom stereocenters. The first-order chi connectivity index (χ1) is 14.3. The van der Waals surface area contributed by atoms with Crippen molar-refractivity contribution in [1.29, 1.82) is 0 Å². The molecular formula is C24H34N4O2. The first-order valence-corrected chi connectivity index (χ1v) is 11.2. The Labute approximate surface area is 179 Å². The average molecular weight is 411 g/mol. The molecular weight excluding hydrogens is 376 g/mol. The van der Waals surface area contributed by atoms with Crippen molar-refractivity contribution in [2.24, 2.45) is 0 Å². The van der Waals surface area contributed by atoms with Crippen LogP contribution in [0.3, 0.4) is 0 Å². The second-order valence-corrected chi connectivity index (χ2v) is 9.46. The molecule has 2 fully saturated rings. The molecule has 162 valence electrons. The number of nitrogens with zero attached hydrogens (tertiary/aromatic N) is 4. The Balaban J connectivity index is 1.37. The zero-order valence-corrected chi connectivity index (χ0v) is 18.7. The van der Waals surface area contributed by atoms with Gasteiger partial charge in [0.2, 0.25) is 0 Å². The Morgan fingerprint density at radius 3 is 2.33 bits per heavy atom. The van der Waals surface area contributed by atoms with E-state index >= 15 is 0 Å². The molecule has 1 aromatic carbocycles. The highest BCUT2D eigenvalue weighted by molar-refractivity contribution is 5.93. The van der Waals surface area contributed by atoms with Crippen LogP contribution in [0.4, 0.5) is 0 Å². The van der Waals surface area contributed by atoms with Gasteiger partial charge in [0.1, 0.15) is 11.4 Å². The topological polar surface area (TPSA) is 50.6 Å². The highest BCUT2D eigenvalue weighted by atomic mass is 16.5. The van der Waals surface area contributed by atoms with Gasteiger partial charge in [-0.25, -0.2) is 0 Å². The average Bonchev–Trinajstić information content (AvgIpc) is 3.47. The summed E-state index contributed by atoms with van der Waals surface area (Å²) in [4.78, 5) is 17.7. The maximum absolute atomic E-state index is 13.3. The summed E-state index contributed by atoms with van der Waals surface area (Å²) in [5.74, 6) is 1.58. The van der Waals surface area contributed by atoms with E-state index in [0.29, 0.717) is 12.5 Å². The third-order valence-electron chi connectivity index (χ3n) is 5.88. The number of ether oxygens (including phenoxy) is 1. The van der Waals surface area contributed by atoms with Gasteiger partial charge < -0.3 is 9.64 Å². The van der Waals surface area contributed by atoms with Gasteiger partial charge in [-0.3, -0.25) is 14.4 Å². The van der Waals surface area contributed by atoms with Crippen molar-refractivity contribution in [1.82, 2.24) is 19.6 Å². The third-order valence-corrected chi connectivity index (χ3v) is 5.88. The minimum atomic E-state index is -0.201. The van der Waals surface area contributed by atoms with E-state index in [1.165, 1.54) is 18.4 Å². The lowest BCUT2D eigenvalue weighted by molar-refractivity contribution is 0.0609. The van der Waals surface area contributed by atoms with Gasteiger partial charge in [-0.1, -0.05) is 12.1 Å². The Morgan fingerprint density at radius 1 is 1.10 bits per heavy atom. The summed E-state index contributed by atoms with van der Waals surface area (Å²) < 4.78 is 7.46. The van der Waals surface area contributed by atoms with Crippen LogP contribution in [-0.2, 0) is 12.1 Å². The molecule has 0 radical (unpaired) electrons. The fourth-order valence-corrected chi connectivity index (χ4v) is 4.03. The lowest BCUT2D eigenvalue weighted by Gasteiger charge is -2.35. The minimum absolute atomic E-state index is 0.116. The molecule has 4 rings (SSSR count). The molecule has 1 amide bonds. The van der Waals surface area contributed by atoms with Gasteiger partial charge in [0.25, 0.3) is 5.91 Å². The number of benzene rings is 1. The number of carbonyl (C=O) groups is 1. The Kier molecular flexibility index (Phi) is 5.87. The van der Waals surface area contributed by atoms with Crippen molar-refractivity contribution in [3.8, 4) is 5.75 Å². The van der Waals surface area contributed by atoms with E-state index in [9.17, 15) is 4.79 Å². The number of amides is 1. The van der Waals surface area contributed by atoms with Gasteiger partial charge in [0.15, 0.2) is 0 Å². The predicted molar refractivity (Wildman–Crippen MR) is 118 cm³/mol. The van der Waals surface area contributed by atoms with Gasteiger partial charge in [-0.05, 0) is 64.3 Å². The summed E-state index contributed by atoms with van der Waals surface area (Å²) in [6.07, 6.45) is 2.39. The first kappa shape index (κ1) is 20.9. The number of aromatic nitrogens is 2. The molecule has 2 heterocycles. The molecule has 1 aromatic heterocycles. The monoisotopic (exact) mass is 410 g/mol. The lowest BCUT2D eigenvalue weighted by atomic mass is 10.1. The van der Waals surface area contributed by atoms with Crippen molar-refractivity contribution < 1.29 is 9.53 Å². The second kappa shape index (κ2) is 8.42. The van der Waals surface area contributed by atoms with Crippen LogP contribution in [0.5, 0.6) is 5.75 Å². The van der Waals surface area contributed by atoms with Crippen LogP contribution in [0.25, 0.3) is 0 Å². The molecule has 1 saturated heterocycles. The summed E-state index contributed by atoms with van der Waals surface area (Å²) >= 11 is 0. The fourth-order valence-electron chi connectivity index (χ4n) is 4.03. The molecule has 0 spiro atoms. The first-order valence-electron chi connectivity index (χ1n) is 11.2. The molecule has 1 aliphatic carbocycles. The number of piperazine rings is 1. The molecule has 2 aromatic rings. The van der Waals surface area contributed by atoms with Crippen LogP contribution in [0, 0.1) is 0 Å². The fraction of sp³-hybridized carbons (Fsp3) is 0.583. The van der Waals surface area contributed by atoms with Crippen LogP contribution in [0.1, 0.15) is 68.2 Å². The smallest absolute Gasteiger partial charge is 0.272 e. The standard InChI is InChI=1S/C24H34N4O2/c1-5-30-20-10-6-18(7-11-20)17-26-12-14-27(15-13-26)23(29)22-16-21(19-8-9-19)25-28(22)24(2,3)4/h6-7,10-11,16,19H,5,8-9,12-15,17H2,1-4H3. The number of hydrogen-bond acceptors (Lipinski definition) is 4. The van der Waals surface area contributed by atoms with Crippen molar-refractivity contribution in [2.45, 2.75) is 58.5 Å². The minimum Gasteiger partial charge on any atom is -0.494 e. The summed E-state index contributed by atoms with van der Waals surface area (Å²) in [6, 6.07) is 10.4. The summed E-state index contributed by atoms with van der Waals surface area (Å²) in [5, 5.41) is 4.80. The van der Waals surface area contributed by atoms with Gasteiger partial charge in [-0.15, -0.1) is 0 Å². The lowest BCUT2D eigenvalue weighted by Crippen LogP contribution is -2.49. The summed E-state index contributed by atoms with van der Waals surface area (Å²) in [6.45, 7) is 13.2. The van der Waals surface area contributed by atoms with Crippen LogP contribution in [0.15, 0.2) is 30.3 Å². The molecule has 0 N–H and O–H groups in total. The van der Waals surface area contributed by atoms with Gasteiger partial charge in [0, 0.05) is 38.6 Å². The van der Waals surface area contributed by atoms with Crippen molar-refractivity contribution >= 4 is 5.91 Å². The zero-order chi connectivity index (χ0) is 21.3. The summed E-state index contributed by atoms with van der Waals surface area (Å²) in [7, 11) is 0.